The highest BCUT2D eigenvalue weighted by molar-refractivity contribution is 5.26. The molecule has 0 atom stereocenters. The van der Waals surface area contributed by atoms with Crippen molar-refractivity contribution < 1.29 is 14.4 Å². The minimum atomic E-state index is 0.750. The molecule has 0 aromatic heterocycles. The number of nitrogens with one attached hydrogen (secondary N) is 3. The third-order valence-corrected chi connectivity index (χ3v) is 3.62. The molecule has 180 valence electrons. The van der Waals surface area contributed by atoms with E-state index < -0.39 is 0 Å². The molecule has 0 aromatic carbocycles. The number of rotatable bonds is 12. The number of hydrogen-bond donors (Lipinski definition) is 3. The van der Waals surface area contributed by atoms with Gasteiger partial charge in [-0.3, -0.25) is 0 Å². The van der Waals surface area contributed by atoms with E-state index >= 15 is 0 Å². The van der Waals surface area contributed by atoms with Crippen LogP contribution in [0.1, 0.15) is 138 Å². The van der Waals surface area contributed by atoms with E-state index in [0.29, 0.717) is 0 Å². The van der Waals surface area contributed by atoms with Gasteiger partial charge in [-0.15, -0.1) is 0 Å². The second kappa shape index (κ2) is 71.2. The molecule has 0 aliphatic rings. The van der Waals surface area contributed by atoms with E-state index in [1.54, 1.807) is 0 Å². The van der Waals surface area contributed by atoms with E-state index in [-0.39, 0.29) is 0 Å². The molecule has 3 N–H and O–H groups in total. The van der Waals surface area contributed by atoms with Gasteiger partial charge in [0.25, 0.3) is 0 Å². The molecule has 0 saturated carbocycles. The lowest BCUT2D eigenvalue weighted by Gasteiger charge is -1.90. The Morgan fingerprint density at radius 2 is 0.467 bits per heavy atom. The van der Waals surface area contributed by atoms with Crippen molar-refractivity contribution in [3.05, 3.63) is 0 Å². The van der Waals surface area contributed by atoms with Crippen LogP contribution in [0.4, 0.5) is 0 Å². The van der Waals surface area contributed by atoms with Crippen LogP contribution in [0.25, 0.3) is 0 Å². The van der Waals surface area contributed by atoms with Crippen molar-refractivity contribution in [1.29, 1.82) is 16.2 Å². The van der Waals surface area contributed by atoms with Gasteiger partial charge in [-0.1, -0.05) is 138 Å². The Labute approximate surface area is 187 Å². The van der Waals surface area contributed by atoms with Crippen LogP contribution in [0.2, 0.25) is 0 Å². The lowest BCUT2D eigenvalue weighted by molar-refractivity contribution is 0.562. The maximum Gasteiger partial charge on any atom is 0.231 e. The molecule has 6 heteroatoms. The first-order valence-electron chi connectivity index (χ1n) is 11.6. The summed E-state index contributed by atoms with van der Waals surface area (Å²) < 4.78 is 0. The first-order valence-corrected chi connectivity index (χ1v) is 11.6. The molecule has 0 aromatic rings. The van der Waals surface area contributed by atoms with Crippen LogP contribution < -0.4 is 0 Å². The third-order valence-electron chi connectivity index (χ3n) is 3.62. The normalized spacial score (nSPS) is 7.40. The summed E-state index contributed by atoms with van der Waals surface area (Å²) in [4.78, 5) is 25.0. The number of hydrogen-bond acceptors (Lipinski definition) is 6. The van der Waals surface area contributed by atoms with Crippen molar-refractivity contribution in [1.82, 2.24) is 0 Å². The van der Waals surface area contributed by atoms with Crippen LogP contribution in [-0.4, -0.2) is 18.2 Å². The van der Waals surface area contributed by atoms with Gasteiger partial charge in [0.2, 0.25) is 18.2 Å². The molecule has 0 spiro atoms. The molecule has 6 nitrogen and oxygen atoms in total. The highest BCUT2D eigenvalue weighted by Crippen LogP contribution is 2.01. The van der Waals surface area contributed by atoms with E-state index in [2.05, 4.69) is 41.5 Å². The van der Waals surface area contributed by atoms with E-state index in [4.69, 9.17) is 30.6 Å². The zero-order chi connectivity index (χ0) is 24.7. The lowest BCUT2D eigenvalue weighted by atomic mass is 10.2. The molecule has 0 heterocycles. The minimum Gasteiger partial charge on any atom is -0.222 e. The average Bonchev–Trinajstić information content (AvgIpc) is 2.72. The molecule has 0 aliphatic heterocycles. The van der Waals surface area contributed by atoms with Crippen LogP contribution in [0.5, 0.6) is 0 Å². The van der Waals surface area contributed by atoms with Gasteiger partial charge in [0, 0.05) is 0 Å². The first kappa shape index (κ1) is 42.3. The third kappa shape index (κ3) is 161. The molecule has 0 radical (unpaired) electrons. The summed E-state index contributed by atoms with van der Waals surface area (Å²) in [6.07, 6.45) is 23.3. The van der Waals surface area contributed by atoms with Crippen LogP contribution >= 0.6 is 0 Å². The van der Waals surface area contributed by atoms with Gasteiger partial charge in [-0.2, -0.15) is 0 Å². The van der Waals surface area contributed by atoms with Gasteiger partial charge in [0.05, 0.1) is 0 Å². The molecule has 30 heavy (non-hydrogen) atoms. The maximum atomic E-state index is 8.35. The Morgan fingerprint density at radius 1 is 0.367 bits per heavy atom. The Bertz CT molecular complexity index is 266. The average molecular weight is 430 g/mol. The largest absolute Gasteiger partial charge is 0.231 e. The minimum absolute atomic E-state index is 0.750. The Kier molecular flexibility index (Phi) is 100. The van der Waals surface area contributed by atoms with Gasteiger partial charge in [-0.25, -0.2) is 30.6 Å². The topological polar surface area (TPSA) is 123 Å². The van der Waals surface area contributed by atoms with Crippen molar-refractivity contribution in [3.8, 4) is 0 Å². The number of unbranched alkanes of at least 4 members (excludes halogenated alkanes) is 12. The molecular formula is C24H51N3O3. The van der Waals surface area contributed by atoms with E-state index in [1.807, 2.05) is 0 Å². The number of carbonyl (C=O) groups excluding carboxylic acids is 3. The Morgan fingerprint density at radius 3 is 0.533 bits per heavy atom. The second-order valence-electron chi connectivity index (χ2n) is 6.49. The molecular weight excluding hydrogens is 378 g/mol. The molecule has 0 unspecified atom stereocenters. The summed E-state index contributed by atoms with van der Waals surface area (Å²) in [5.74, 6) is 0. The molecule has 0 bridgehead atoms. The first-order chi connectivity index (χ1) is 14.5. The highest BCUT2D eigenvalue weighted by Gasteiger charge is 1.81. The van der Waals surface area contributed by atoms with Gasteiger partial charge in [-0.05, 0) is 0 Å². The van der Waals surface area contributed by atoms with Gasteiger partial charge in [0.15, 0.2) is 0 Å². The predicted octanol–water partition coefficient (Wildman–Crippen LogP) is 8.63. The smallest absolute Gasteiger partial charge is 0.222 e. The zero-order valence-electron chi connectivity index (χ0n) is 20.8. The molecule has 0 aliphatic carbocycles. The summed E-state index contributed by atoms with van der Waals surface area (Å²) >= 11 is 0. The van der Waals surface area contributed by atoms with Crippen molar-refractivity contribution in [2.24, 2.45) is 0 Å². The predicted molar refractivity (Wildman–Crippen MR) is 129 cm³/mol. The van der Waals surface area contributed by atoms with Crippen LogP contribution in [0.15, 0.2) is 0 Å². The van der Waals surface area contributed by atoms with Crippen molar-refractivity contribution in [3.63, 3.8) is 0 Å². The monoisotopic (exact) mass is 429 g/mol. The summed E-state index contributed by atoms with van der Waals surface area (Å²) in [6, 6.07) is 0. The summed E-state index contributed by atoms with van der Waals surface area (Å²) in [5, 5.41) is 16.2. The Hall–Kier alpha value is -1.86. The lowest BCUT2D eigenvalue weighted by Crippen LogP contribution is -1.70. The van der Waals surface area contributed by atoms with Gasteiger partial charge >= 0.3 is 0 Å². The molecule has 0 saturated heterocycles. The number of isocyanates is 3. The van der Waals surface area contributed by atoms with Crippen LogP contribution in [0.3, 0.4) is 0 Å². The fourth-order valence-electron chi connectivity index (χ4n) is 2.03. The van der Waals surface area contributed by atoms with Crippen LogP contribution in [0, 0.1) is 16.2 Å². The molecule has 0 rings (SSSR count). The fraction of sp³-hybridized carbons (Fsp3) is 0.875. The van der Waals surface area contributed by atoms with E-state index in [0.717, 1.165) is 18.2 Å². The summed E-state index contributed by atoms with van der Waals surface area (Å²) in [6.45, 7) is 13.5. The molecule has 0 fully saturated rings. The second-order valence-corrected chi connectivity index (χ2v) is 6.49. The standard InChI is InChI=1S/3C7H16.3CHNO/c3*1-3-5-7-6-4-2;3*2-1-3/h3*3-7H2,1-2H3;3*2H. The van der Waals surface area contributed by atoms with Crippen LogP contribution in [-0.2, 0) is 14.4 Å². The summed E-state index contributed by atoms with van der Waals surface area (Å²) in [5.41, 5.74) is 0. The maximum absolute atomic E-state index is 8.35. The van der Waals surface area contributed by atoms with Gasteiger partial charge < -0.3 is 0 Å². The zero-order valence-corrected chi connectivity index (χ0v) is 20.8. The van der Waals surface area contributed by atoms with E-state index in [1.165, 1.54) is 96.3 Å². The van der Waals surface area contributed by atoms with Crippen molar-refractivity contribution in [2.75, 3.05) is 0 Å². The fourth-order valence-corrected chi connectivity index (χ4v) is 2.03. The summed E-state index contributed by atoms with van der Waals surface area (Å²) in [7, 11) is 0. The molecule has 0 amide bonds. The Balaban J connectivity index is -0.0000000603. The quantitative estimate of drug-likeness (QED) is 0.163. The van der Waals surface area contributed by atoms with Crippen molar-refractivity contribution in [2.45, 2.75) is 138 Å². The van der Waals surface area contributed by atoms with E-state index in [9.17, 15) is 0 Å². The SMILES string of the molecule is CCCCCCC.CCCCCCC.CCCCCCC.N=C=O.N=C=O.N=C=O. The highest BCUT2D eigenvalue weighted by atomic mass is 16.1. The van der Waals surface area contributed by atoms with Crippen molar-refractivity contribution >= 4 is 18.2 Å². The van der Waals surface area contributed by atoms with Gasteiger partial charge in [0.1, 0.15) is 0 Å².